The van der Waals surface area contributed by atoms with Gasteiger partial charge in [0.05, 0.1) is 13.7 Å². The second-order valence-corrected chi connectivity index (χ2v) is 6.07. The minimum absolute atomic E-state index is 0.250. The van der Waals surface area contributed by atoms with E-state index in [0.29, 0.717) is 19.0 Å². The van der Waals surface area contributed by atoms with Gasteiger partial charge < -0.3 is 20.1 Å². The van der Waals surface area contributed by atoms with E-state index in [0.717, 1.165) is 42.6 Å². The Labute approximate surface area is 152 Å². The molecule has 0 radical (unpaired) electrons. The molecule has 0 amide bonds. The summed E-state index contributed by atoms with van der Waals surface area (Å²) in [6.45, 7) is 1.84. The number of aryl methyl sites for hydroxylation is 1. The first-order chi connectivity index (χ1) is 12.7. The maximum absolute atomic E-state index is 5.11. The number of pyridine rings is 1. The quantitative estimate of drug-likeness (QED) is 0.573. The molecule has 0 saturated heterocycles. The van der Waals surface area contributed by atoms with Gasteiger partial charge in [0.2, 0.25) is 5.88 Å². The van der Waals surface area contributed by atoms with E-state index in [2.05, 4.69) is 30.7 Å². The molecule has 0 spiro atoms. The van der Waals surface area contributed by atoms with Crippen LogP contribution in [0.2, 0.25) is 0 Å². The fourth-order valence-corrected chi connectivity index (χ4v) is 2.88. The van der Waals surface area contributed by atoms with Crippen LogP contribution in [0.4, 0.5) is 0 Å². The van der Waals surface area contributed by atoms with Crippen LogP contribution in [-0.4, -0.2) is 53.0 Å². The highest BCUT2D eigenvalue weighted by molar-refractivity contribution is 5.79. The maximum Gasteiger partial charge on any atom is 0.212 e. The van der Waals surface area contributed by atoms with Crippen molar-refractivity contribution >= 4 is 5.96 Å². The molecule has 3 heterocycles. The van der Waals surface area contributed by atoms with Gasteiger partial charge in [-0.2, -0.15) is 5.10 Å². The number of methoxy groups -OCH3 is 2. The third-order valence-electron chi connectivity index (χ3n) is 4.21. The summed E-state index contributed by atoms with van der Waals surface area (Å²) < 4.78 is 12.1. The Morgan fingerprint density at radius 1 is 1.38 bits per heavy atom. The fourth-order valence-electron chi connectivity index (χ4n) is 2.88. The molecule has 26 heavy (non-hydrogen) atoms. The third-order valence-corrected chi connectivity index (χ3v) is 4.21. The number of aliphatic imine (C=N–C) groups is 1. The molecule has 0 fully saturated rings. The monoisotopic (exact) mass is 359 g/mol. The van der Waals surface area contributed by atoms with Crippen molar-refractivity contribution in [3.8, 4) is 5.88 Å². The number of ether oxygens (including phenoxy) is 2. The fraction of sp³-hybridized carbons (Fsp3) is 0.529. The normalized spacial score (nSPS) is 16.9. The van der Waals surface area contributed by atoms with Gasteiger partial charge in [0, 0.05) is 45.4 Å². The zero-order valence-electron chi connectivity index (χ0n) is 15.4. The molecule has 2 aromatic heterocycles. The summed E-state index contributed by atoms with van der Waals surface area (Å²) in [4.78, 5) is 13.0. The van der Waals surface area contributed by atoms with Crippen molar-refractivity contribution in [3.05, 3.63) is 35.5 Å². The number of nitrogens with one attached hydrogen (secondary N) is 2. The van der Waals surface area contributed by atoms with Crippen LogP contribution in [0.15, 0.2) is 23.3 Å². The summed E-state index contributed by atoms with van der Waals surface area (Å²) in [5.74, 6) is 3.11. The van der Waals surface area contributed by atoms with Crippen molar-refractivity contribution < 1.29 is 9.47 Å². The predicted octanol–water partition coefficient (Wildman–Crippen LogP) is 0.508. The standard InChI is InChI=1S/C17H25N7O2/c1-18-17(20-9-12-4-7-16(26-3)19-8-12)21-13-5-6-15-22-14(11-25-2)23-24(15)10-13/h4,7-8,13H,5-6,9-11H2,1-3H3,(H2,18,20,21). The zero-order valence-corrected chi connectivity index (χ0v) is 15.4. The summed E-state index contributed by atoms with van der Waals surface area (Å²) >= 11 is 0. The number of hydrogen-bond acceptors (Lipinski definition) is 6. The Kier molecular flexibility index (Phi) is 6.00. The predicted molar refractivity (Wildman–Crippen MR) is 97.0 cm³/mol. The van der Waals surface area contributed by atoms with Gasteiger partial charge in [-0.15, -0.1) is 0 Å². The van der Waals surface area contributed by atoms with Gasteiger partial charge in [-0.05, 0) is 12.0 Å². The average molecular weight is 359 g/mol. The molecule has 9 heteroatoms. The highest BCUT2D eigenvalue weighted by atomic mass is 16.5. The molecule has 9 nitrogen and oxygen atoms in total. The first-order valence-electron chi connectivity index (χ1n) is 8.59. The van der Waals surface area contributed by atoms with Crippen LogP contribution in [0.25, 0.3) is 0 Å². The Balaban J connectivity index is 1.53. The molecule has 0 aromatic carbocycles. The van der Waals surface area contributed by atoms with Crippen molar-refractivity contribution in [3.63, 3.8) is 0 Å². The Bertz CT molecular complexity index is 742. The zero-order chi connectivity index (χ0) is 18.4. The number of fused-ring (bicyclic) bond motifs is 1. The molecule has 1 unspecified atom stereocenters. The molecule has 0 aliphatic carbocycles. The molecule has 2 N–H and O–H groups in total. The van der Waals surface area contributed by atoms with E-state index in [9.17, 15) is 0 Å². The summed E-state index contributed by atoms with van der Waals surface area (Å²) in [6.07, 6.45) is 3.66. The van der Waals surface area contributed by atoms with Gasteiger partial charge in [-0.25, -0.2) is 14.6 Å². The van der Waals surface area contributed by atoms with Crippen molar-refractivity contribution in [2.75, 3.05) is 21.3 Å². The number of nitrogens with zero attached hydrogens (tertiary/aromatic N) is 5. The molecule has 2 aromatic rings. The number of rotatable bonds is 6. The second kappa shape index (κ2) is 8.61. The lowest BCUT2D eigenvalue weighted by atomic mass is 10.1. The van der Waals surface area contributed by atoms with Crippen molar-refractivity contribution in [2.45, 2.75) is 38.6 Å². The van der Waals surface area contributed by atoms with Crippen LogP contribution in [0.1, 0.15) is 23.6 Å². The van der Waals surface area contributed by atoms with Crippen molar-refractivity contribution in [1.29, 1.82) is 0 Å². The lowest BCUT2D eigenvalue weighted by Gasteiger charge is -2.25. The molecule has 1 atom stereocenters. The first-order valence-corrected chi connectivity index (χ1v) is 8.59. The SMILES string of the molecule is CN=C(NCc1ccc(OC)nc1)NC1CCc2nc(COC)nn2C1. The van der Waals surface area contributed by atoms with Crippen molar-refractivity contribution in [1.82, 2.24) is 30.4 Å². The average Bonchev–Trinajstić information content (AvgIpc) is 3.07. The molecular weight excluding hydrogens is 334 g/mol. The van der Waals surface area contributed by atoms with Gasteiger partial charge in [-0.3, -0.25) is 4.99 Å². The van der Waals surface area contributed by atoms with E-state index in [-0.39, 0.29) is 6.04 Å². The summed E-state index contributed by atoms with van der Waals surface area (Å²) in [6, 6.07) is 4.07. The van der Waals surface area contributed by atoms with E-state index in [1.165, 1.54) is 0 Å². The lowest BCUT2D eigenvalue weighted by Crippen LogP contribution is -2.46. The summed E-state index contributed by atoms with van der Waals surface area (Å²) in [5, 5.41) is 11.3. The van der Waals surface area contributed by atoms with Crippen LogP contribution < -0.4 is 15.4 Å². The molecule has 0 saturated carbocycles. The Hall–Kier alpha value is -2.68. The highest BCUT2D eigenvalue weighted by Gasteiger charge is 2.22. The number of aromatic nitrogens is 4. The largest absolute Gasteiger partial charge is 0.481 e. The second-order valence-electron chi connectivity index (χ2n) is 6.07. The van der Waals surface area contributed by atoms with Crippen LogP contribution in [0.3, 0.4) is 0 Å². The van der Waals surface area contributed by atoms with E-state index in [4.69, 9.17) is 9.47 Å². The molecule has 0 bridgehead atoms. The van der Waals surface area contributed by atoms with Gasteiger partial charge in [-0.1, -0.05) is 6.07 Å². The van der Waals surface area contributed by atoms with E-state index < -0.39 is 0 Å². The maximum atomic E-state index is 5.11. The van der Waals surface area contributed by atoms with Crippen LogP contribution in [0, 0.1) is 0 Å². The number of guanidine groups is 1. The topological polar surface area (TPSA) is 98.5 Å². The highest BCUT2D eigenvalue weighted by Crippen LogP contribution is 2.13. The molecule has 1 aliphatic heterocycles. The minimum atomic E-state index is 0.250. The molecule has 140 valence electrons. The Morgan fingerprint density at radius 2 is 2.27 bits per heavy atom. The summed E-state index contributed by atoms with van der Waals surface area (Å²) in [5.41, 5.74) is 1.06. The first kappa shape index (κ1) is 18.1. The molecule has 3 rings (SSSR count). The van der Waals surface area contributed by atoms with Crippen LogP contribution in [-0.2, 0) is 30.9 Å². The third kappa shape index (κ3) is 4.48. The van der Waals surface area contributed by atoms with Crippen molar-refractivity contribution in [2.24, 2.45) is 4.99 Å². The molecule has 1 aliphatic rings. The van der Waals surface area contributed by atoms with E-state index in [1.54, 1.807) is 27.5 Å². The summed E-state index contributed by atoms with van der Waals surface area (Å²) in [7, 11) is 5.02. The minimum Gasteiger partial charge on any atom is -0.481 e. The Morgan fingerprint density at radius 3 is 2.96 bits per heavy atom. The van der Waals surface area contributed by atoms with Crippen LogP contribution in [0.5, 0.6) is 5.88 Å². The van der Waals surface area contributed by atoms with Gasteiger partial charge in [0.1, 0.15) is 12.4 Å². The van der Waals surface area contributed by atoms with Gasteiger partial charge >= 0.3 is 0 Å². The van der Waals surface area contributed by atoms with E-state index >= 15 is 0 Å². The van der Waals surface area contributed by atoms with E-state index in [1.807, 2.05) is 16.8 Å². The van der Waals surface area contributed by atoms with Gasteiger partial charge in [0.15, 0.2) is 11.8 Å². The van der Waals surface area contributed by atoms with Crippen LogP contribution >= 0.6 is 0 Å². The lowest BCUT2D eigenvalue weighted by molar-refractivity contribution is 0.177. The number of hydrogen-bond donors (Lipinski definition) is 2. The smallest absolute Gasteiger partial charge is 0.212 e. The molecular formula is C17H25N7O2. The van der Waals surface area contributed by atoms with Gasteiger partial charge in [0.25, 0.3) is 0 Å².